The van der Waals surface area contributed by atoms with Crippen molar-refractivity contribution in [2.45, 2.75) is 19.4 Å². The first-order valence-electron chi connectivity index (χ1n) is 7.97. The third-order valence-electron chi connectivity index (χ3n) is 4.29. The second-order valence-electron chi connectivity index (χ2n) is 5.95. The van der Waals surface area contributed by atoms with Crippen LogP contribution in [-0.2, 0) is 11.3 Å². The Kier molecular flexibility index (Phi) is 5.26. The number of aliphatic hydroxyl groups excluding tert-OH is 1. The van der Waals surface area contributed by atoms with Gasteiger partial charge >= 0.3 is 0 Å². The van der Waals surface area contributed by atoms with E-state index in [1.165, 1.54) is 23.0 Å². The molecule has 2 heterocycles. The van der Waals surface area contributed by atoms with Crippen molar-refractivity contribution in [1.29, 1.82) is 0 Å². The number of carbonyl (C=O) groups excluding carboxylic acids is 1. The molecular formula is C19H21NO2S. The Labute approximate surface area is 140 Å². The molecule has 3 rings (SSSR count). The Balaban J connectivity index is 1.52. The lowest BCUT2D eigenvalue weighted by Gasteiger charge is -2.30. The number of rotatable bonds is 5. The van der Waals surface area contributed by atoms with Crippen molar-refractivity contribution in [3.63, 3.8) is 0 Å². The normalized spacial score (nSPS) is 17.3. The fourth-order valence-electron chi connectivity index (χ4n) is 2.97. The van der Waals surface area contributed by atoms with E-state index in [9.17, 15) is 9.90 Å². The lowest BCUT2D eigenvalue weighted by Crippen LogP contribution is -2.35. The molecule has 1 aromatic carbocycles. The Hall–Kier alpha value is -1.91. The summed E-state index contributed by atoms with van der Waals surface area (Å²) in [7, 11) is 0. The summed E-state index contributed by atoms with van der Waals surface area (Å²) in [5, 5.41) is 11.9. The van der Waals surface area contributed by atoms with E-state index in [0.717, 1.165) is 37.4 Å². The predicted octanol–water partition coefficient (Wildman–Crippen LogP) is 4.13. The molecule has 1 N–H and O–H groups in total. The zero-order chi connectivity index (χ0) is 16.1. The maximum Gasteiger partial charge on any atom is 0.162 e. The maximum atomic E-state index is 12.3. The molecule has 0 atom stereocenters. The standard InChI is InChI=1S/C19H21NO2S/c21-17(13-18(22)19-7-4-12-23-19)16-8-10-20(11-9-16)14-15-5-2-1-3-6-15/h1-7,12-13,16,22H,8-11,14H2. The minimum atomic E-state index is 0.0316. The van der Waals surface area contributed by atoms with E-state index in [-0.39, 0.29) is 17.5 Å². The van der Waals surface area contributed by atoms with Crippen molar-refractivity contribution < 1.29 is 9.90 Å². The van der Waals surface area contributed by atoms with Gasteiger partial charge in [0, 0.05) is 18.5 Å². The zero-order valence-corrected chi connectivity index (χ0v) is 13.8. The monoisotopic (exact) mass is 327 g/mol. The first kappa shape index (κ1) is 16.0. The molecule has 23 heavy (non-hydrogen) atoms. The molecule has 0 unspecified atom stereocenters. The number of thiophene rings is 1. The zero-order valence-electron chi connectivity index (χ0n) is 13.0. The molecule has 1 aromatic heterocycles. The Bertz CT molecular complexity index is 656. The molecule has 2 aromatic rings. The minimum Gasteiger partial charge on any atom is -0.506 e. The summed E-state index contributed by atoms with van der Waals surface area (Å²) in [4.78, 5) is 15.5. The second-order valence-corrected chi connectivity index (χ2v) is 6.89. The third-order valence-corrected chi connectivity index (χ3v) is 5.18. The van der Waals surface area contributed by atoms with Crippen LogP contribution in [0, 0.1) is 5.92 Å². The summed E-state index contributed by atoms with van der Waals surface area (Å²) in [6, 6.07) is 14.1. The van der Waals surface area contributed by atoms with Crippen molar-refractivity contribution in [1.82, 2.24) is 4.90 Å². The van der Waals surface area contributed by atoms with Gasteiger partial charge in [-0.2, -0.15) is 0 Å². The Morgan fingerprint density at radius 3 is 2.57 bits per heavy atom. The Morgan fingerprint density at radius 2 is 1.91 bits per heavy atom. The lowest BCUT2D eigenvalue weighted by molar-refractivity contribution is -0.119. The first-order valence-corrected chi connectivity index (χ1v) is 8.85. The lowest BCUT2D eigenvalue weighted by atomic mass is 9.92. The predicted molar refractivity (Wildman–Crippen MR) is 94.4 cm³/mol. The smallest absolute Gasteiger partial charge is 0.162 e. The molecule has 0 bridgehead atoms. The van der Waals surface area contributed by atoms with Crippen molar-refractivity contribution in [2.75, 3.05) is 13.1 Å². The summed E-state index contributed by atoms with van der Waals surface area (Å²) in [5.41, 5.74) is 1.31. The summed E-state index contributed by atoms with van der Waals surface area (Å²) in [6.45, 7) is 2.80. The molecule has 0 radical (unpaired) electrons. The molecule has 3 nitrogen and oxygen atoms in total. The van der Waals surface area contributed by atoms with Gasteiger partial charge in [-0.1, -0.05) is 36.4 Å². The third kappa shape index (κ3) is 4.30. The van der Waals surface area contributed by atoms with Crippen LogP contribution in [-0.4, -0.2) is 28.9 Å². The van der Waals surface area contributed by atoms with E-state index >= 15 is 0 Å². The van der Waals surface area contributed by atoms with Crippen molar-refractivity contribution in [3.8, 4) is 0 Å². The number of piperidine rings is 1. The second kappa shape index (κ2) is 7.57. The fraction of sp³-hybridized carbons (Fsp3) is 0.316. The average molecular weight is 327 g/mol. The summed E-state index contributed by atoms with van der Waals surface area (Å²) >= 11 is 1.44. The molecule has 0 spiro atoms. The molecule has 1 aliphatic heterocycles. The fourth-order valence-corrected chi connectivity index (χ4v) is 3.61. The topological polar surface area (TPSA) is 40.5 Å². The maximum absolute atomic E-state index is 12.3. The molecule has 0 aliphatic carbocycles. The Morgan fingerprint density at radius 1 is 1.17 bits per heavy atom. The van der Waals surface area contributed by atoms with Crippen LogP contribution < -0.4 is 0 Å². The van der Waals surface area contributed by atoms with Crippen LogP contribution in [0.2, 0.25) is 0 Å². The number of allylic oxidation sites excluding steroid dienone is 1. The van der Waals surface area contributed by atoms with Crippen LogP contribution in [0.1, 0.15) is 23.3 Å². The van der Waals surface area contributed by atoms with Gasteiger partial charge in [0.2, 0.25) is 0 Å². The van der Waals surface area contributed by atoms with Crippen LogP contribution in [0.25, 0.3) is 5.76 Å². The van der Waals surface area contributed by atoms with E-state index in [2.05, 4.69) is 29.2 Å². The molecule has 4 heteroatoms. The number of nitrogens with zero attached hydrogens (tertiary/aromatic N) is 1. The number of hydrogen-bond donors (Lipinski definition) is 1. The van der Waals surface area contributed by atoms with E-state index < -0.39 is 0 Å². The van der Waals surface area contributed by atoms with Crippen LogP contribution >= 0.6 is 11.3 Å². The van der Waals surface area contributed by atoms with E-state index in [1.807, 2.05) is 23.6 Å². The van der Waals surface area contributed by atoms with Gasteiger partial charge in [-0.05, 0) is 42.9 Å². The van der Waals surface area contributed by atoms with Gasteiger partial charge in [0.05, 0.1) is 4.88 Å². The number of aliphatic hydroxyl groups is 1. The first-order chi connectivity index (χ1) is 11.2. The van der Waals surface area contributed by atoms with Crippen molar-refractivity contribution >= 4 is 22.9 Å². The molecule has 1 fully saturated rings. The SMILES string of the molecule is O=C(C=C(O)c1cccs1)C1CCN(Cc2ccccc2)CC1. The molecule has 1 aliphatic rings. The number of ketones is 1. The summed E-state index contributed by atoms with van der Waals surface area (Å²) in [5.74, 6) is 0.177. The van der Waals surface area contributed by atoms with Gasteiger partial charge in [0.15, 0.2) is 5.78 Å². The highest BCUT2D eigenvalue weighted by Crippen LogP contribution is 2.23. The largest absolute Gasteiger partial charge is 0.506 e. The van der Waals surface area contributed by atoms with Crippen LogP contribution in [0.4, 0.5) is 0 Å². The van der Waals surface area contributed by atoms with Gasteiger partial charge < -0.3 is 5.11 Å². The minimum absolute atomic E-state index is 0.0316. The molecule has 0 saturated carbocycles. The van der Waals surface area contributed by atoms with Gasteiger partial charge in [0.25, 0.3) is 0 Å². The summed E-state index contributed by atoms with van der Waals surface area (Å²) in [6.07, 6.45) is 3.13. The van der Waals surface area contributed by atoms with E-state index in [0.29, 0.717) is 0 Å². The van der Waals surface area contributed by atoms with Gasteiger partial charge in [-0.3, -0.25) is 9.69 Å². The molecule has 0 amide bonds. The number of likely N-dealkylation sites (tertiary alicyclic amines) is 1. The highest BCUT2D eigenvalue weighted by Gasteiger charge is 2.24. The number of benzene rings is 1. The average Bonchev–Trinajstić information content (AvgIpc) is 3.11. The highest BCUT2D eigenvalue weighted by molar-refractivity contribution is 7.11. The van der Waals surface area contributed by atoms with Crippen molar-refractivity contribution in [3.05, 3.63) is 64.4 Å². The van der Waals surface area contributed by atoms with Crippen molar-refractivity contribution in [2.24, 2.45) is 5.92 Å². The van der Waals surface area contributed by atoms with Crippen LogP contribution in [0.3, 0.4) is 0 Å². The van der Waals surface area contributed by atoms with Crippen LogP contribution in [0.15, 0.2) is 53.9 Å². The van der Waals surface area contributed by atoms with E-state index in [4.69, 9.17) is 0 Å². The number of hydrogen-bond acceptors (Lipinski definition) is 4. The highest BCUT2D eigenvalue weighted by atomic mass is 32.1. The van der Waals surface area contributed by atoms with Gasteiger partial charge in [-0.15, -0.1) is 11.3 Å². The molecule has 1 saturated heterocycles. The molecular weight excluding hydrogens is 306 g/mol. The quantitative estimate of drug-likeness (QED) is 0.663. The van der Waals surface area contributed by atoms with Gasteiger partial charge in [0.1, 0.15) is 5.76 Å². The van der Waals surface area contributed by atoms with Crippen LogP contribution in [0.5, 0.6) is 0 Å². The van der Waals surface area contributed by atoms with E-state index in [1.54, 1.807) is 0 Å². The van der Waals surface area contributed by atoms with Gasteiger partial charge in [-0.25, -0.2) is 0 Å². The summed E-state index contributed by atoms with van der Waals surface area (Å²) < 4.78 is 0. The number of carbonyl (C=O) groups is 1. The molecule has 120 valence electrons.